The molecule has 3 nitrogen and oxygen atoms in total. The molecule has 0 bridgehead atoms. The van der Waals surface area contributed by atoms with E-state index >= 15 is 0 Å². The first-order chi connectivity index (χ1) is 7.47. The first-order valence-corrected chi connectivity index (χ1v) is 5.78. The van der Waals surface area contributed by atoms with Crippen LogP contribution in [0.4, 0.5) is 0 Å². The van der Waals surface area contributed by atoms with Gasteiger partial charge in [-0.15, -0.1) is 11.6 Å². The van der Waals surface area contributed by atoms with Crippen LogP contribution in [0.2, 0.25) is 0 Å². The Morgan fingerprint density at radius 1 is 1.50 bits per heavy atom. The summed E-state index contributed by atoms with van der Waals surface area (Å²) in [5.41, 5.74) is 2.32. The molecule has 0 fully saturated rings. The van der Waals surface area contributed by atoms with Crippen molar-refractivity contribution in [3.8, 4) is 0 Å². The zero-order chi connectivity index (χ0) is 12.3. The van der Waals surface area contributed by atoms with Gasteiger partial charge >= 0.3 is 0 Å². The van der Waals surface area contributed by atoms with Crippen LogP contribution < -0.4 is 0 Å². The van der Waals surface area contributed by atoms with Crippen molar-refractivity contribution in [2.75, 3.05) is 12.9 Å². The monoisotopic (exact) mass is 240 g/mol. The number of aryl methyl sites for hydroxylation is 2. The Bertz CT molecular complexity index is 393. The Labute approximate surface area is 101 Å². The minimum atomic E-state index is -0.0295. The fourth-order valence-corrected chi connectivity index (χ4v) is 1.61. The Balaban J connectivity index is 2.96. The number of carbonyl (C=O) groups is 1. The molecule has 4 heteroatoms. The minimum Gasteiger partial charge on any atom is -0.338 e. The van der Waals surface area contributed by atoms with Gasteiger partial charge in [0.05, 0.1) is 11.3 Å². The van der Waals surface area contributed by atoms with E-state index in [1.165, 1.54) is 0 Å². The van der Waals surface area contributed by atoms with Gasteiger partial charge < -0.3 is 4.90 Å². The number of amides is 1. The molecule has 1 rings (SSSR count). The molecular weight excluding hydrogens is 224 g/mol. The minimum absolute atomic E-state index is 0.0230. The van der Waals surface area contributed by atoms with Crippen LogP contribution >= 0.6 is 11.6 Å². The molecule has 88 valence electrons. The van der Waals surface area contributed by atoms with E-state index in [2.05, 4.69) is 4.98 Å². The van der Waals surface area contributed by atoms with E-state index < -0.39 is 0 Å². The van der Waals surface area contributed by atoms with E-state index in [4.69, 9.17) is 11.6 Å². The van der Waals surface area contributed by atoms with E-state index in [1.54, 1.807) is 11.9 Å². The third kappa shape index (κ3) is 2.73. The summed E-state index contributed by atoms with van der Waals surface area (Å²) in [6, 6.07) is 3.69. The highest BCUT2D eigenvalue weighted by Crippen LogP contribution is 2.11. The third-order valence-corrected chi connectivity index (χ3v) is 3.11. The largest absolute Gasteiger partial charge is 0.338 e. The Morgan fingerprint density at radius 3 is 2.62 bits per heavy atom. The van der Waals surface area contributed by atoms with Gasteiger partial charge in [0.2, 0.25) is 0 Å². The summed E-state index contributed by atoms with van der Waals surface area (Å²) in [7, 11) is 1.76. The first kappa shape index (κ1) is 13.0. The Morgan fingerprint density at radius 2 is 2.12 bits per heavy atom. The first-order valence-electron chi connectivity index (χ1n) is 5.24. The summed E-state index contributed by atoms with van der Waals surface area (Å²) < 4.78 is 0. The van der Waals surface area contributed by atoms with Gasteiger partial charge in [-0.1, -0.05) is 0 Å². The van der Waals surface area contributed by atoms with Gasteiger partial charge in [0, 0.05) is 24.7 Å². The zero-order valence-electron chi connectivity index (χ0n) is 10.1. The van der Waals surface area contributed by atoms with Crippen molar-refractivity contribution < 1.29 is 4.79 Å². The molecule has 1 aromatic heterocycles. The number of rotatable bonds is 3. The Hall–Kier alpha value is -1.09. The van der Waals surface area contributed by atoms with Crippen molar-refractivity contribution in [3.05, 3.63) is 29.1 Å². The predicted molar refractivity (Wildman–Crippen MR) is 66.0 cm³/mol. The second-order valence-electron chi connectivity index (χ2n) is 4.00. The topological polar surface area (TPSA) is 33.2 Å². The standard InChI is InChI=1S/C12H17ClN2O/c1-8-5-6-11(10(3)14-8)12(16)15(4)9(2)7-13/h5-6,9H,7H2,1-4H3. The van der Waals surface area contributed by atoms with Gasteiger partial charge in [-0.25, -0.2) is 0 Å². The predicted octanol–water partition coefficient (Wildman–Crippen LogP) is 2.40. The van der Waals surface area contributed by atoms with Crippen LogP contribution in [0.1, 0.15) is 28.7 Å². The molecule has 0 spiro atoms. The van der Waals surface area contributed by atoms with Crippen molar-refractivity contribution in [2.45, 2.75) is 26.8 Å². The number of hydrogen-bond donors (Lipinski definition) is 0. The Kier molecular flexibility index (Phi) is 4.30. The van der Waals surface area contributed by atoms with Crippen LogP contribution in [0.15, 0.2) is 12.1 Å². The van der Waals surface area contributed by atoms with Crippen molar-refractivity contribution in [1.82, 2.24) is 9.88 Å². The molecule has 0 aliphatic carbocycles. The van der Waals surface area contributed by atoms with Gasteiger partial charge in [0.1, 0.15) is 0 Å². The fourth-order valence-electron chi connectivity index (χ4n) is 1.41. The van der Waals surface area contributed by atoms with E-state index in [1.807, 2.05) is 32.9 Å². The highest BCUT2D eigenvalue weighted by atomic mass is 35.5. The molecule has 0 aromatic carbocycles. The average molecular weight is 241 g/mol. The molecule has 1 heterocycles. The maximum absolute atomic E-state index is 12.1. The lowest BCUT2D eigenvalue weighted by molar-refractivity contribution is 0.0755. The molecule has 0 aliphatic rings. The fraction of sp³-hybridized carbons (Fsp3) is 0.500. The van der Waals surface area contributed by atoms with Crippen molar-refractivity contribution in [3.63, 3.8) is 0 Å². The van der Waals surface area contributed by atoms with E-state index in [-0.39, 0.29) is 11.9 Å². The van der Waals surface area contributed by atoms with Crippen molar-refractivity contribution in [2.24, 2.45) is 0 Å². The zero-order valence-corrected chi connectivity index (χ0v) is 10.9. The number of pyridine rings is 1. The van der Waals surface area contributed by atoms with E-state index in [0.29, 0.717) is 11.4 Å². The highest BCUT2D eigenvalue weighted by molar-refractivity contribution is 6.18. The summed E-state index contributed by atoms with van der Waals surface area (Å²) in [5, 5.41) is 0. The lowest BCUT2D eigenvalue weighted by atomic mass is 10.1. The molecule has 1 atom stereocenters. The van der Waals surface area contributed by atoms with E-state index in [9.17, 15) is 4.79 Å². The SMILES string of the molecule is Cc1ccc(C(=O)N(C)C(C)CCl)c(C)n1. The van der Waals surface area contributed by atoms with Crippen LogP contribution in [-0.4, -0.2) is 34.8 Å². The smallest absolute Gasteiger partial charge is 0.255 e. The van der Waals surface area contributed by atoms with E-state index in [0.717, 1.165) is 11.4 Å². The van der Waals surface area contributed by atoms with Gasteiger partial charge in [0.25, 0.3) is 5.91 Å². The molecule has 16 heavy (non-hydrogen) atoms. The van der Waals surface area contributed by atoms with Crippen molar-refractivity contribution in [1.29, 1.82) is 0 Å². The molecule has 0 saturated carbocycles. The van der Waals surface area contributed by atoms with Gasteiger partial charge in [-0.2, -0.15) is 0 Å². The van der Waals surface area contributed by atoms with Gasteiger partial charge in [-0.3, -0.25) is 9.78 Å². The molecular formula is C12H17ClN2O. The quantitative estimate of drug-likeness (QED) is 0.761. The highest BCUT2D eigenvalue weighted by Gasteiger charge is 2.18. The molecule has 0 radical (unpaired) electrons. The molecule has 1 amide bonds. The van der Waals surface area contributed by atoms with Crippen molar-refractivity contribution >= 4 is 17.5 Å². The number of nitrogens with zero attached hydrogens (tertiary/aromatic N) is 2. The number of alkyl halides is 1. The lowest BCUT2D eigenvalue weighted by Gasteiger charge is -2.23. The molecule has 0 N–H and O–H groups in total. The van der Waals surface area contributed by atoms with Crippen LogP contribution in [-0.2, 0) is 0 Å². The summed E-state index contributed by atoms with van der Waals surface area (Å²) >= 11 is 5.73. The van der Waals surface area contributed by atoms with Gasteiger partial charge in [-0.05, 0) is 32.9 Å². The maximum Gasteiger partial charge on any atom is 0.255 e. The third-order valence-electron chi connectivity index (χ3n) is 2.66. The normalized spacial score (nSPS) is 12.3. The van der Waals surface area contributed by atoms with Gasteiger partial charge in [0.15, 0.2) is 0 Å². The molecule has 0 aliphatic heterocycles. The molecule has 0 saturated heterocycles. The summed E-state index contributed by atoms with van der Waals surface area (Å²) in [6.07, 6.45) is 0. The average Bonchev–Trinajstić information content (AvgIpc) is 2.26. The van der Waals surface area contributed by atoms with Crippen LogP contribution in [0.25, 0.3) is 0 Å². The van der Waals surface area contributed by atoms with Crippen LogP contribution in [0.3, 0.4) is 0 Å². The lowest BCUT2D eigenvalue weighted by Crippen LogP contribution is -2.36. The van der Waals surface area contributed by atoms with Crippen LogP contribution in [0, 0.1) is 13.8 Å². The summed E-state index contributed by atoms with van der Waals surface area (Å²) in [6.45, 7) is 5.67. The van der Waals surface area contributed by atoms with Crippen LogP contribution in [0.5, 0.6) is 0 Å². The number of aromatic nitrogens is 1. The second kappa shape index (κ2) is 5.30. The second-order valence-corrected chi connectivity index (χ2v) is 4.31. The molecule has 1 aromatic rings. The maximum atomic E-state index is 12.1. The number of carbonyl (C=O) groups excluding carboxylic acids is 1. The summed E-state index contributed by atoms with van der Waals surface area (Å²) in [5.74, 6) is 0.402. The number of halogens is 1. The number of hydrogen-bond acceptors (Lipinski definition) is 2. The molecule has 1 unspecified atom stereocenters. The summed E-state index contributed by atoms with van der Waals surface area (Å²) in [4.78, 5) is 18.0.